The molecule has 2 aromatic carbocycles. The highest BCUT2D eigenvalue weighted by Crippen LogP contribution is 2.17. The van der Waals surface area contributed by atoms with Gasteiger partial charge in [-0.25, -0.2) is 13.2 Å². The maximum Gasteiger partial charge on any atom is 0.335 e. The molecular weight excluding hydrogens is 354 g/mol. The van der Waals surface area contributed by atoms with E-state index in [9.17, 15) is 13.2 Å². The molecule has 0 unspecified atom stereocenters. The lowest BCUT2D eigenvalue weighted by Crippen LogP contribution is -2.20. The van der Waals surface area contributed by atoms with Crippen LogP contribution in [0.2, 0.25) is 0 Å². The lowest BCUT2D eigenvalue weighted by atomic mass is 10.1. The normalized spacial score (nSPS) is 11.5. The Hall–Kier alpha value is -2.38. The topological polar surface area (TPSA) is 83.9 Å². The Labute approximate surface area is 153 Å². The van der Waals surface area contributed by atoms with Crippen molar-refractivity contribution in [3.63, 3.8) is 0 Å². The molecule has 0 aliphatic carbocycles. The first-order valence-electron chi connectivity index (χ1n) is 8.19. The quantitative estimate of drug-likeness (QED) is 0.677. The average molecular weight is 377 g/mol. The highest BCUT2D eigenvalue weighted by atomic mass is 32.2. The molecule has 0 bridgehead atoms. The smallest absolute Gasteiger partial charge is 0.335 e. The van der Waals surface area contributed by atoms with E-state index in [1.165, 1.54) is 12.3 Å². The van der Waals surface area contributed by atoms with Crippen LogP contribution in [0.25, 0.3) is 0 Å². The lowest BCUT2D eigenvalue weighted by molar-refractivity contribution is 0.0697. The number of nitrogens with zero attached hydrogens (tertiary/aromatic N) is 1. The van der Waals surface area contributed by atoms with Gasteiger partial charge in [-0.3, -0.25) is 0 Å². The molecular formula is C19H23NO5S. The molecule has 0 aliphatic heterocycles. The molecule has 26 heavy (non-hydrogen) atoms. The van der Waals surface area contributed by atoms with Crippen LogP contribution in [0.4, 0.5) is 0 Å². The zero-order valence-corrected chi connectivity index (χ0v) is 15.7. The van der Waals surface area contributed by atoms with Gasteiger partial charge in [0.2, 0.25) is 0 Å². The van der Waals surface area contributed by atoms with Gasteiger partial charge in [-0.2, -0.15) is 0 Å². The maximum absolute atomic E-state index is 11.5. The van der Waals surface area contributed by atoms with Gasteiger partial charge in [0, 0.05) is 19.3 Å². The average Bonchev–Trinajstić information content (AvgIpc) is 2.59. The Morgan fingerprint density at radius 2 is 1.85 bits per heavy atom. The standard InChI is InChI=1S/C19H23NO5S/c1-20(14-15-7-9-16(10-8-15)19(21)22)11-4-12-25-17-5-3-6-18(13-17)26(2,23)24/h3,5-10,13H,4,11-12,14H2,1-2H3,(H,21,22). The predicted molar refractivity (Wildman–Crippen MR) is 99.4 cm³/mol. The second kappa shape index (κ2) is 8.82. The highest BCUT2D eigenvalue weighted by molar-refractivity contribution is 7.90. The van der Waals surface area contributed by atoms with Gasteiger partial charge in [0.05, 0.1) is 17.1 Å². The second-order valence-electron chi connectivity index (χ2n) is 6.19. The predicted octanol–water partition coefficient (Wildman–Crippen LogP) is 2.69. The largest absolute Gasteiger partial charge is 0.494 e. The van der Waals surface area contributed by atoms with Gasteiger partial charge in [0.15, 0.2) is 9.84 Å². The minimum atomic E-state index is -3.24. The minimum absolute atomic E-state index is 0.247. The fourth-order valence-corrected chi connectivity index (χ4v) is 3.12. The summed E-state index contributed by atoms with van der Waals surface area (Å²) in [5.41, 5.74) is 1.32. The number of hydrogen-bond donors (Lipinski definition) is 1. The Bertz CT molecular complexity index is 846. The first kappa shape index (κ1) is 19.9. The van der Waals surface area contributed by atoms with Crippen LogP contribution in [0.3, 0.4) is 0 Å². The van der Waals surface area contributed by atoms with E-state index in [4.69, 9.17) is 9.84 Å². The van der Waals surface area contributed by atoms with E-state index in [-0.39, 0.29) is 10.5 Å². The maximum atomic E-state index is 11.5. The molecule has 0 fully saturated rings. The number of carboxylic acids is 1. The van der Waals surface area contributed by atoms with E-state index < -0.39 is 15.8 Å². The zero-order chi connectivity index (χ0) is 19.2. The molecule has 0 spiro atoms. The summed E-state index contributed by atoms with van der Waals surface area (Å²) in [5, 5.41) is 8.90. The highest BCUT2D eigenvalue weighted by Gasteiger charge is 2.08. The molecule has 0 saturated carbocycles. The van der Waals surface area contributed by atoms with Gasteiger partial charge in [-0.05, 0) is 49.4 Å². The number of aromatic carboxylic acids is 1. The molecule has 6 nitrogen and oxygen atoms in total. The lowest BCUT2D eigenvalue weighted by Gasteiger charge is -2.17. The number of rotatable bonds is 9. The van der Waals surface area contributed by atoms with Crippen LogP contribution >= 0.6 is 0 Å². The Morgan fingerprint density at radius 3 is 2.46 bits per heavy atom. The van der Waals surface area contributed by atoms with E-state index in [1.807, 2.05) is 19.2 Å². The van der Waals surface area contributed by atoms with Gasteiger partial charge in [-0.1, -0.05) is 18.2 Å². The van der Waals surface area contributed by atoms with Crippen molar-refractivity contribution in [2.45, 2.75) is 17.9 Å². The van der Waals surface area contributed by atoms with Crippen LogP contribution in [0.5, 0.6) is 5.75 Å². The van der Waals surface area contributed by atoms with Crippen molar-refractivity contribution < 1.29 is 23.1 Å². The Morgan fingerprint density at radius 1 is 1.15 bits per heavy atom. The van der Waals surface area contributed by atoms with Crippen LogP contribution < -0.4 is 4.74 Å². The van der Waals surface area contributed by atoms with Crippen molar-refractivity contribution in [2.24, 2.45) is 0 Å². The number of carbonyl (C=O) groups is 1. The Balaban J connectivity index is 1.76. The van der Waals surface area contributed by atoms with Crippen molar-refractivity contribution in [3.05, 3.63) is 59.7 Å². The minimum Gasteiger partial charge on any atom is -0.494 e. The van der Waals surface area contributed by atoms with E-state index in [0.29, 0.717) is 18.9 Å². The summed E-state index contributed by atoms with van der Waals surface area (Å²) < 4.78 is 28.7. The van der Waals surface area contributed by atoms with Crippen LogP contribution in [0.15, 0.2) is 53.4 Å². The third kappa shape index (κ3) is 6.16. The molecule has 2 rings (SSSR count). The van der Waals surface area contributed by atoms with E-state index in [0.717, 1.165) is 18.5 Å². The molecule has 0 heterocycles. The summed E-state index contributed by atoms with van der Waals surface area (Å²) in [7, 11) is -1.26. The van der Waals surface area contributed by atoms with Crippen molar-refractivity contribution in [1.29, 1.82) is 0 Å². The van der Waals surface area contributed by atoms with Gasteiger partial charge in [-0.15, -0.1) is 0 Å². The Kier molecular flexibility index (Phi) is 6.76. The molecule has 0 atom stereocenters. The molecule has 0 amide bonds. The van der Waals surface area contributed by atoms with Crippen molar-refractivity contribution in [3.8, 4) is 5.75 Å². The molecule has 7 heteroatoms. The summed E-state index contributed by atoms with van der Waals surface area (Å²) in [5.74, 6) is -0.387. The van der Waals surface area contributed by atoms with E-state index >= 15 is 0 Å². The van der Waals surface area contributed by atoms with Crippen LogP contribution in [0.1, 0.15) is 22.3 Å². The van der Waals surface area contributed by atoms with E-state index in [2.05, 4.69) is 4.90 Å². The summed E-state index contributed by atoms with van der Waals surface area (Å²) in [4.78, 5) is 13.2. The molecule has 1 N–H and O–H groups in total. The van der Waals surface area contributed by atoms with E-state index in [1.54, 1.807) is 30.3 Å². The molecule has 140 valence electrons. The van der Waals surface area contributed by atoms with Crippen LogP contribution in [0, 0.1) is 0 Å². The molecule has 2 aromatic rings. The number of sulfone groups is 1. The van der Waals surface area contributed by atoms with Gasteiger partial charge in [0.1, 0.15) is 5.75 Å². The molecule has 0 radical (unpaired) electrons. The van der Waals surface area contributed by atoms with Crippen molar-refractivity contribution in [1.82, 2.24) is 4.90 Å². The van der Waals surface area contributed by atoms with Crippen LogP contribution in [-0.2, 0) is 16.4 Å². The third-order valence-corrected chi connectivity index (χ3v) is 4.95. The number of benzene rings is 2. The first-order valence-corrected chi connectivity index (χ1v) is 10.1. The molecule has 0 saturated heterocycles. The second-order valence-corrected chi connectivity index (χ2v) is 8.20. The summed E-state index contributed by atoms with van der Waals surface area (Å²) in [6.45, 7) is 1.99. The summed E-state index contributed by atoms with van der Waals surface area (Å²) in [6, 6.07) is 13.3. The third-order valence-electron chi connectivity index (χ3n) is 3.84. The number of ether oxygens (including phenoxy) is 1. The monoisotopic (exact) mass is 377 g/mol. The summed E-state index contributed by atoms with van der Waals surface area (Å²) in [6.07, 6.45) is 1.96. The molecule has 0 aromatic heterocycles. The zero-order valence-electron chi connectivity index (χ0n) is 14.9. The fourth-order valence-electron chi connectivity index (χ4n) is 2.46. The SMILES string of the molecule is CN(CCCOc1cccc(S(C)(=O)=O)c1)Cc1ccc(C(=O)O)cc1. The van der Waals surface area contributed by atoms with Gasteiger partial charge >= 0.3 is 5.97 Å². The number of hydrogen-bond acceptors (Lipinski definition) is 5. The van der Waals surface area contributed by atoms with Gasteiger partial charge in [0.25, 0.3) is 0 Å². The van der Waals surface area contributed by atoms with Crippen molar-refractivity contribution in [2.75, 3.05) is 26.5 Å². The number of carboxylic acid groups (broad SMARTS) is 1. The van der Waals surface area contributed by atoms with Gasteiger partial charge < -0.3 is 14.7 Å². The first-order chi connectivity index (χ1) is 12.3. The molecule has 0 aliphatic rings. The van der Waals surface area contributed by atoms with Crippen LogP contribution in [-0.4, -0.2) is 50.8 Å². The fraction of sp³-hybridized carbons (Fsp3) is 0.316. The summed E-state index contributed by atoms with van der Waals surface area (Å²) >= 11 is 0. The van der Waals surface area contributed by atoms with Crippen molar-refractivity contribution >= 4 is 15.8 Å².